The third-order valence-electron chi connectivity index (χ3n) is 0.653. The molecule has 0 amide bonds. The molecule has 0 aromatic carbocycles. The van der Waals surface area contributed by atoms with Crippen LogP contribution in [0.25, 0.3) is 0 Å². The summed E-state index contributed by atoms with van der Waals surface area (Å²) in [5, 5.41) is 24.1. The van der Waals surface area contributed by atoms with Gasteiger partial charge in [0.15, 0.2) is 6.10 Å². The molecule has 0 aliphatic rings. The van der Waals surface area contributed by atoms with Crippen LogP contribution in [0.3, 0.4) is 0 Å². The minimum atomic E-state index is -1.79. The van der Waals surface area contributed by atoms with Crippen LogP contribution in [-0.2, 0) is 32.0 Å². The molecule has 57 valence electrons. The van der Waals surface area contributed by atoms with Gasteiger partial charge < -0.3 is 15.3 Å². The number of aliphatic hydroxyl groups excluding tert-OH is 1. The largest absolute Gasteiger partial charge is 0.481 e. The Balaban J connectivity index is 0. The van der Waals surface area contributed by atoms with Gasteiger partial charge in [-0.2, -0.15) is 0 Å². The van der Waals surface area contributed by atoms with Crippen LogP contribution in [0.15, 0.2) is 0 Å². The zero-order chi connectivity index (χ0) is 7.44. The van der Waals surface area contributed by atoms with Crippen molar-refractivity contribution in [1.29, 1.82) is 0 Å². The van der Waals surface area contributed by atoms with E-state index in [0.29, 0.717) is 0 Å². The van der Waals surface area contributed by atoms with Crippen LogP contribution in [-0.4, -0.2) is 33.4 Å². The molecule has 0 saturated heterocycles. The van der Waals surface area contributed by atoms with Crippen LogP contribution in [0.5, 0.6) is 0 Å². The maximum absolute atomic E-state index is 9.72. The van der Waals surface area contributed by atoms with E-state index in [-0.39, 0.29) is 22.4 Å². The maximum Gasteiger partial charge on any atom is 0.333 e. The Hall–Kier alpha value is -0.360. The van der Waals surface area contributed by atoms with Gasteiger partial charge in [-0.3, -0.25) is 4.79 Å². The SMILES string of the molecule is O=C(O)CC(O)C(=O)O.[Nb]. The van der Waals surface area contributed by atoms with Gasteiger partial charge in [0, 0.05) is 22.4 Å². The second kappa shape index (κ2) is 5.43. The predicted octanol–water partition coefficient (Wildman–Crippen LogP) is -1.10. The van der Waals surface area contributed by atoms with E-state index in [0.717, 1.165) is 0 Å². The Labute approximate surface area is 72.2 Å². The van der Waals surface area contributed by atoms with E-state index in [1.165, 1.54) is 0 Å². The molecule has 0 spiro atoms. The smallest absolute Gasteiger partial charge is 0.333 e. The molecule has 0 heterocycles. The van der Waals surface area contributed by atoms with Gasteiger partial charge in [-0.15, -0.1) is 0 Å². The topological polar surface area (TPSA) is 94.8 Å². The molecule has 0 rings (SSSR count). The molecular weight excluding hydrogens is 221 g/mol. The molecule has 6 heteroatoms. The summed E-state index contributed by atoms with van der Waals surface area (Å²) < 4.78 is 0. The molecule has 0 saturated carbocycles. The summed E-state index contributed by atoms with van der Waals surface area (Å²) in [6, 6.07) is 0. The Kier molecular flexibility index (Phi) is 6.69. The van der Waals surface area contributed by atoms with E-state index in [1.54, 1.807) is 0 Å². The third-order valence-corrected chi connectivity index (χ3v) is 0.653. The average Bonchev–Trinajstić information content (AvgIpc) is 1.63. The van der Waals surface area contributed by atoms with E-state index in [9.17, 15) is 9.59 Å². The van der Waals surface area contributed by atoms with Crippen LogP contribution < -0.4 is 0 Å². The first-order valence-electron chi connectivity index (χ1n) is 2.16. The van der Waals surface area contributed by atoms with Crippen molar-refractivity contribution < 1.29 is 47.3 Å². The minimum absolute atomic E-state index is 0. The van der Waals surface area contributed by atoms with E-state index < -0.39 is 24.5 Å². The van der Waals surface area contributed by atoms with Gasteiger partial charge in [-0.05, 0) is 0 Å². The minimum Gasteiger partial charge on any atom is -0.481 e. The number of aliphatic carboxylic acids is 2. The second-order valence-electron chi connectivity index (χ2n) is 1.45. The van der Waals surface area contributed by atoms with Crippen molar-refractivity contribution in [3.8, 4) is 0 Å². The molecule has 0 fully saturated rings. The number of rotatable bonds is 3. The van der Waals surface area contributed by atoms with Crippen LogP contribution in [0.1, 0.15) is 6.42 Å². The van der Waals surface area contributed by atoms with Gasteiger partial charge in [0.05, 0.1) is 6.42 Å². The average molecular weight is 227 g/mol. The molecule has 0 aromatic heterocycles. The Morgan fingerprint density at radius 2 is 1.70 bits per heavy atom. The molecule has 1 atom stereocenters. The van der Waals surface area contributed by atoms with Crippen molar-refractivity contribution in [3.05, 3.63) is 0 Å². The first-order chi connectivity index (χ1) is 4.04. The first-order valence-corrected chi connectivity index (χ1v) is 2.16. The standard InChI is InChI=1S/C4H6O5.Nb/c5-2(4(8)9)1-3(6)7;/h2,5H,1H2,(H,6,7)(H,8,9);. The Morgan fingerprint density at radius 1 is 1.30 bits per heavy atom. The molecule has 10 heavy (non-hydrogen) atoms. The molecule has 1 radical (unpaired) electrons. The van der Waals surface area contributed by atoms with E-state index >= 15 is 0 Å². The predicted molar refractivity (Wildman–Crippen MR) is 25.9 cm³/mol. The van der Waals surface area contributed by atoms with Gasteiger partial charge in [0.2, 0.25) is 0 Å². The fourth-order valence-corrected chi connectivity index (χ4v) is 0.253. The summed E-state index contributed by atoms with van der Waals surface area (Å²) >= 11 is 0. The summed E-state index contributed by atoms with van der Waals surface area (Å²) in [4.78, 5) is 19.4. The maximum atomic E-state index is 9.72. The molecular formula is C4H6NbO5. The quantitative estimate of drug-likeness (QED) is 0.532. The van der Waals surface area contributed by atoms with Gasteiger partial charge in [-0.1, -0.05) is 0 Å². The van der Waals surface area contributed by atoms with Crippen molar-refractivity contribution in [3.63, 3.8) is 0 Å². The van der Waals surface area contributed by atoms with Gasteiger partial charge in [-0.25, -0.2) is 4.79 Å². The van der Waals surface area contributed by atoms with Gasteiger partial charge in [0.25, 0.3) is 0 Å². The summed E-state index contributed by atoms with van der Waals surface area (Å²) in [6.07, 6.45) is -2.54. The summed E-state index contributed by atoms with van der Waals surface area (Å²) in [7, 11) is 0. The number of carboxylic acids is 2. The normalized spacial score (nSPS) is 11.3. The number of aliphatic hydroxyl groups is 1. The van der Waals surface area contributed by atoms with Crippen molar-refractivity contribution in [2.24, 2.45) is 0 Å². The molecule has 0 aromatic rings. The molecule has 5 nitrogen and oxygen atoms in total. The molecule has 0 bridgehead atoms. The monoisotopic (exact) mass is 227 g/mol. The van der Waals surface area contributed by atoms with Crippen LogP contribution >= 0.6 is 0 Å². The summed E-state index contributed by atoms with van der Waals surface area (Å²) in [5.74, 6) is -2.85. The van der Waals surface area contributed by atoms with Crippen molar-refractivity contribution in [2.75, 3.05) is 0 Å². The fraction of sp³-hybridized carbons (Fsp3) is 0.500. The number of hydrogen-bond acceptors (Lipinski definition) is 3. The Bertz CT molecular complexity index is 134. The summed E-state index contributed by atoms with van der Waals surface area (Å²) in [5.41, 5.74) is 0. The fourth-order valence-electron chi connectivity index (χ4n) is 0.253. The van der Waals surface area contributed by atoms with Crippen LogP contribution in [0, 0.1) is 0 Å². The van der Waals surface area contributed by atoms with E-state index in [1.807, 2.05) is 0 Å². The number of hydrogen-bond donors (Lipinski definition) is 3. The first kappa shape index (κ1) is 12.3. The number of carbonyl (C=O) groups is 2. The zero-order valence-corrected chi connectivity index (χ0v) is 7.09. The Morgan fingerprint density at radius 3 is 1.80 bits per heavy atom. The second-order valence-corrected chi connectivity index (χ2v) is 1.45. The van der Waals surface area contributed by atoms with Gasteiger partial charge >= 0.3 is 11.9 Å². The number of carboxylic acid groups (broad SMARTS) is 2. The van der Waals surface area contributed by atoms with Crippen LogP contribution in [0.2, 0.25) is 0 Å². The van der Waals surface area contributed by atoms with E-state index in [2.05, 4.69) is 0 Å². The van der Waals surface area contributed by atoms with Crippen molar-refractivity contribution in [1.82, 2.24) is 0 Å². The molecule has 1 unspecified atom stereocenters. The van der Waals surface area contributed by atoms with E-state index in [4.69, 9.17) is 15.3 Å². The van der Waals surface area contributed by atoms with Crippen LogP contribution in [0.4, 0.5) is 0 Å². The van der Waals surface area contributed by atoms with Gasteiger partial charge in [0.1, 0.15) is 0 Å². The zero-order valence-electron chi connectivity index (χ0n) is 4.89. The van der Waals surface area contributed by atoms with Crippen molar-refractivity contribution in [2.45, 2.75) is 12.5 Å². The third kappa shape index (κ3) is 5.77. The summed E-state index contributed by atoms with van der Waals surface area (Å²) in [6.45, 7) is 0. The molecule has 0 aliphatic carbocycles. The molecule has 0 aliphatic heterocycles. The van der Waals surface area contributed by atoms with Crippen molar-refractivity contribution >= 4 is 11.9 Å². The molecule has 3 N–H and O–H groups in total.